The van der Waals surface area contributed by atoms with Gasteiger partial charge in [-0.1, -0.05) is 11.8 Å². The summed E-state index contributed by atoms with van der Waals surface area (Å²) in [5.74, 6) is 0.125. The molecule has 1 unspecified atom stereocenters. The van der Waals surface area contributed by atoms with Crippen molar-refractivity contribution in [2.45, 2.75) is 22.2 Å². The molecule has 24 heavy (non-hydrogen) atoms. The number of thioether (sulfide) groups is 1. The van der Waals surface area contributed by atoms with Crippen LogP contribution in [0.25, 0.3) is 0 Å². The van der Waals surface area contributed by atoms with Crippen molar-refractivity contribution in [3.63, 3.8) is 0 Å². The lowest BCUT2D eigenvalue weighted by Gasteiger charge is -2.12. The van der Waals surface area contributed by atoms with Gasteiger partial charge in [0, 0.05) is 11.8 Å². The number of nitrogens with one attached hydrogen (secondary N) is 1. The summed E-state index contributed by atoms with van der Waals surface area (Å²) >= 11 is 1.10. The number of carbonyl (C=O) groups excluding carboxylic acids is 1. The SMILES string of the molecule is CC(Sc1nc(N)cc(N)n1)C(=O)Nc1ccc(S(N)(=O)=O)cc1. The number of nitrogens with zero attached hydrogens (tertiary/aromatic N) is 2. The van der Waals surface area contributed by atoms with Gasteiger partial charge in [-0.3, -0.25) is 4.79 Å². The standard InChI is InChI=1S/C13H16N6O3S2/c1-7(23-13-18-10(14)6-11(15)19-13)12(20)17-8-2-4-9(5-3-8)24(16,21)22/h2-7H,1H3,(H,17,20)(H2,16,21,22)(H4,14,15,18,19). The number of aromatic nitrogens is 2. The summed E-state index contributed by atoms with van der Waals surface area (Å²) in [5, 5.41) is 7.44. The fraction of sp³-hybridized carbons (Fsp3) is 0.154. The Morgan fingerprint density at radius 1 is 1.17 bits per heavy atom. The summed E-state index contributed by atoms with van der Waals surface area (Å²) in [4.78, 5) is 20.1. The molecule has 2 rings (SSSR count). The Hall–Kier alpha value is -2.37. The molecule has 0 bridgehead atoms. The Kier molecular flexibility index (Phi) is 5.26. The van der Waals surface area contributed by atoms with E-state index in [9.17, 15) is 13.2 Å². The van der Waals surface area contributed by atoms with Crippen LogP contribution < -0.4 is 21.9 Å². The van der Waals surface area contributed by atoms with Crippen LogP contribution in [0, 0.1) is 0 Å². The van der Waals surface area contributed by atoms with Gasteiger partial charge in [-0.2, -0.15) is 0 Å². The van der Waals surface area contributed by atoms with Crippen molar-refractivity contribution in [3.8, 4) is 0 Å². The maximum Gasteiger partial charge on any atom is 0.238 e. The van der Waals surface area contributed by atoms with Crippen molar-refractivity contribution in [1.82, 2.24) is 9.97 Å². The first-order valence-electron chi connectivity index (χ1n) is 6.65. The number of anilines is 3. The number of nitrogen functional groups attached to an aromatic ring is 2. The molecule has 0 radical (unpaired) electrons. The number of sulfonamides is 1. The number of amides is 1. The quantitative estimate of drug-likeness (QED) is 0.434. The summed E-state index contributed by atoms with van der Waals surface area (Å²) in [6.45, 7) is 1.67. The van der Waals surface area contributed by atoms with E-state index < -0.39 is 15.3 Å². The summed E-state index contributed by atoms with van der Waals surface area (Å²) in [5.41, 5.74) is 11.6. The summed E-state index contributed by atoms with van der Waals surface area (Å²) in [6, 6.07) is 6.94. The third-order valence-corrected chi connectivity index (χ3v) is 4.74. The molecule has 0 spiro atoms. The lowest BCUT2D eigenvalue weighted by Crippen LogP contribution is -2.23. The molecule has 0 aliphatic carbocycles. The van der Waals surface area contributed by atoms with Crippen LogP contribution in [-0.4, -0.2) is 29.5 Å². The van der Waals surface area contributed by atoms with E-state index in [0.29, 0.717) is 10.8 Å². The normalized spacial score (nSPS) is 12.6. The Morgan fingerprint density at radius 2 is 1.71 bits per heavy atom. The van der Waals surface area contributed by atoms with Crippen LogP contribution in [0.15, 0.2) is 40.4 Å². The fourth-order valence-corrected chi connectivity index (χ4v) is 3.01. The zero-order chi connectivity index (χ0) is 17.9. The Morgan fingerprint density at radius 3 is 2.21 bits per heavy atom. The van der Waals surface area contributed by atoms with E-state index in [1.54, 1.807) is 6.92 Å². The molecule has 2 aromatic rings. The number of nitrogens with two attached hydrogens (primary N) is 3. The first-order chi connectivity index (χ1) is 11.1. The first-order valence-corrected chi connectivity index (χ1v) is 9.08. The number of primary sulfonamides is 1. The van der Waals surface area contributed by atoms with E-state index >= 15 is 0 Å². The molecule has 11 heteroatoms. The average molecular weight is 368 g/mol. The first kappa shape index (κ1) is 18.0. The predicted octanol–water partition coefficient (Wildman–Crippen LogP) is 0.408. The largest absolute Gasteiger partial charge is 0.383 e. The molecule has 0 saturated heterocycles. The van der Waals surface area contributed by atoms with Gasteiger partial charge in [-0.05, 0) is 31.2 Å². The van der Waals surface area contributed by atoms with E-state index in [-0.39, 0.29) is 22.4 Å². The second-order valence-corrected chi connectivity index (χ2v) is 7.69. The molecular formula is C13H16N6O3S2. The van der Waals surface area contributed by atoms with Crippen LogP contribution >= 0.6 is 11.8 Å². The molecular weight excluding hydrogens is 352 g/mol. The van der Waals surface area contributed by atoms with Crippen LogP contribution in [0.1, 0.15) is 6.92 Å². The molecule has 1 atom stereocenters. The van der Waals surface area contributed by atoms with E-state index in [2.05, 4.69) is 15.3 Å². The number of hydrogen-bond donors (Lipinski definition) is 4. The van der Waals surface area contributed by atoms with Gasteiger partial charge in [-0.25, -0.2) is 23.5 Å². The number of benzene rings is 1. The molecule has 0 aliphatic heterocycles. The monoisotopic (exact) mass is 368 g/mol. The number of rotatable bonds is 5. The van der Waals surface area contributed by atoms with Crippen molar-refractivity contribution >= 4 is 45.0 Å². The molecule has 7 N–H and O–H groups in total. The molecule has 1 heterocycles. The van der Waals surface area contributed by atoms with Gasteiger partial charge in [0.1, 0.15) is 11.6 Å². The molecule has 1 aromatic heterocycles. The highest BCUT2D eigenvalue weighted by atomic mass is 32.2. The van der Waals surface area contributed by atoms with E-state index in [4.69, 9.17) is 16.6 Å². The highest BCUT2D eigenvalue weighted by molar-refractivity contribution is 8.00. The highest BCUT2D eigenvalue weighted by Crippen LogP contribution is 2.23. The molecule has 1 amide bonds. The molecule has 0 aliphatic rings. The average Bonchev–Trinajstić information content (AvgIpc) is 2.45. The maximum atomic E-state index is 12.2. The van der Waals surface area contributed by atoms with Crippen molar-refractivity contribution < 1.29 is 13.2 Å². The zero-order valence-corrected chi connectivity index (χ0v) is 14.3. The third-order valence-electron chi connectivity index (χ3n) is 2.85. The Bertz CT molecular complexity index is 834. The second kappa shape index (κ2) is 7.03. The zero-order valence-electron chi connectivity index (χ0n) is 12.6. The van der Waals surface area contributed by atoms with Gasteiger partial charge >= 0.3 is 0 Å². The second-order valence-electron chi connectivity index (χ2n) is 4.82. The molecule has 0 saturated carbocycles. The van der Waals surface area contributed by atoms with Crippen molar-refractivity contribution in [2.24, 2.45) is 5.14 Å². The number of carbonyl (C=O) groups is 1. The molecule has 128 valence electrons. The van der Waals surface area contributed by atoms with Crippen molar-refractivity contribution in [1.29, 1.82) is 0 Å². The van der Waals surface area contributed by atoms with Crippen LogP contribution in [0.4, 0.5) is 17.3 Å². The van der Waals surface area contributed by atoms with E-state index in [1.807, 2.05) is 0 Å². The summed E-state index contributed by atoms with van der Waals surface area (Å²) < 4.78 is 22.4. The molecule has 1 aromatic carbocycles. The minimum Gasteiger partial charge on any atom is -0.383 e. The highest BCUT2D eigenvalue weighted by Gasteiger charge is 2.17. The number of hydrogen-bond acceptors (Lipinski definition) is 8. The van der Waals surface area contributed by atoms with Gasteiger partial charge in [0.2, 0.25) is 15.9 Å². The van der Waals surface area contributed by atoms with E-state index in [0.717, 1.165) is 11.8 Å². The van der Waals surface area contributed by atoms with Crippen LogP contribution in [0.5, 0.6) is 0 Å². The van der Waals surface area contributed by atoms with Gasteiger partial charge in [-0.15, -0.1) is 0 Å². The van der Waals surface area contributed by atoms with Crippen LogP contribution in [0.2, 0.25) is 0 Å². The maximum absolute atomic E-state index is 12.2. The predicted molar refractivity (Wildman–Crippen MR) is 92.6 cm³/mol. The van der Waals surface area contributed by atoms with Crippen LogP contribution in [-0.2, 0) is 14.8 Å². The Balaban J connectivity index is 2.03. The van der Waals surface area contributed by atoms with Gasteiger partial charge in [0.25, 0.3) is 0 Å². The van der Waals surface area contributed by atoms with Gasteiger partial charge in [0.15, 0.2) is 5.16 Å². The molecule has 9 nitrogen and oxygen atoms in total. The summed E-state index contributed by atoms with van der Waals surface area (Å²) in [6.07, 6.45) is 0. The van der Waals surface area contributed by atoms with Gasteiger partial charge in [0.05, 0.1) is 10.1 Å². The fourth-order valence-electron chi connectivity index (χ4n) is 1.70. The minimum absolute atomic E-state index is 0.0356. The smallest absolute Gasteiger partial charge is 0.238 e. The lowest BCUT2D eigenvalue weighted by atomic mass is 10.3. The lowest BCUT2D eigenvalue weighted by molar-refractivity contribution is -0.115. The van der Waals surface area contributed by atoms with Crippen LogP contribution in [0.3, 0.4) is 0 Å². The van der Waals surface area contributed by atoms with E-state index in [1.165, 1.54) is 30.3 Å². The summed E-state index contributed by atoms with van der Waals surface area (Å²) in [7, 11) is -3.77. The van der Waals surface area contributed by atoms with Gasteiger partial charge < -0.3 is 16.8 Å². The Labute approximate surface area is 143 Å². The minimum atomic E-state index is -3.77. The topological polar surface area (TPSA) is 167 Å². The third kappa shape index (κ3) is 4.81. The van der Waals surface area contributed by atoms with Crippen molar-refractivity contribution in [3.05, 3.63) is 30.3 Å². The molecule has 0 fully saturated rings. The van der Waals surface area contributed by atoms with Crippen molar-refractivity contribution in [2.75, 3.05) is 16.8 Å².